The van der Waals surface area contributed by atoms with Crippen LogP contribution in [-0.2, 0) is 0 Å². The smallest absolute Gasteiger partial charge is 0.275 e. The highest BCUT2D eigenvalue weighted by atomic mass is 32.1. The largest absolute Gasteiger partial charge is 0.393 e. The summed E-state index contributed by atoms with van der Waals surface area (Å²) in [5.74, 6) is -0.919. The summed E-state index contributed by atoms with van der Waals surface area (Å²) >= 11 is 1.31. The van der Waals surface area contributed by atoms with Gasteiger partial charge >= 0.3 is 0 Å². The minimum atomic E-state index is -0.523. The number of halogens is 1. The molecule has 3 aromatic heterocycles. The van der Waals surface area contributed by atoms with Crippen LogP contribution in [-0.4, -0.2) is 36.9 Å². The SMILES string of the molecule is O=C(Nc1cn(C2CC(O)C2)nc1-c1ncccc1F)c1cscn1. The summed E-state index contributed by atoms with van der Waals surface area (Å²) in [6.45, 7) is 0. The van der Waals surface area contributed by atoms with Crippen LogP contribution in [0, 0.1) is 5.82 Å². The predicted octanol–water partition coefficient (Wildman–Crippen LogP) is 2.49. The van der Waals surface area contributed by atoms with E-state index in [1.807, 2.05) is 0 Å². The minimum Gasteiger partial charge on any atom is -0.393 e. The zero-order valence-electron chi connectivity index (χ0n) is 13.0. The molecule has 0 unspecified atom stereocenters. The molecule has 1 aliphatic carbocycles. The second kappa shape index (κ2) is 6.34. The number of pyridine rings is 1. The fourth-order valence-electron chi connectivity index (χ4n) is 2.69. The molecule has 4 rings (SSSR count). The highest BCUT2D eigenvalue weighted by molar-refractivity contribution is 7.07. The third-order valence-corrected chi connectivity index (χ3v) is 4.68. The Balaban J connectivity index is 1.70. The lowest BCUT2D eigenvalue weighted by atomic mass is 9.90. The normalized spacial score (nSPS) is 19.4. The molecule has 9 heteroatoms. The Labute approximate surface area is 146 Å². The van der Waals surface area contributed by atoms with Crippen LogP contribution in [0.1, 0.15) is 29.4 Å². The number of amides is 1. The third-order valence-electron chi connectivity index (χ3n) is 4.09. The summed E-state index contributed by atoms with van der Waals surface area (Å²) in [4.78, 5) is 20.3. The molecule has 0 aliphatic heterocycles. The van der Waals surface area contributed by atoms with E-state index in [4.69, 9.17) is 0 Å². The van der Waals surface area contributed by atoms with Crippen LogP contribution in [0.15, 0.2) is 35.4 Å². The molecular formula is C16H14FN5O2S. The van der Waals surface area contributed by atoms with Crippen molar-refractivity contribution in [2.24, 2.45) is 0 Å². The number of aliphatic hydroxyl groups is 1. The number of carbonyl (C=O) groups is 1. The topological polar surface area (TPSA) is 92.9 Å². The summed E-state index contributed by atoms with van der Waals surface area (Å²) in [6, 6.07) is 2.80. The Bertz CT molecular complexity index is 905. The Morgan fingerprint density at radius 2 is 2.20 bits per heavy atom. The van der Waals surface area contributed by atoms with Crippen LogP contribution < -0.4 is 5.32 Å². The van der Waals surface area contributed by atoms with Crippen molar-refractivity contribution in [3.8, 4) is 11.4 Å². The van der Waals surface area contributed by atoms with Crippen LogP contribution in [0.3, 0.4) is 0 Å². The Morgan fingerprint density at radius 3 is 2.88 bits per heavy atom. The van der Waals surface area contributed by atoms with Crippen LogP contribution >= 0.6 is 11.3 Å². The number of aliphatic hydroxyl groups excluding tert-OH is 1. The Morgan fingerprint density at radius 1 is 1.36 bits per heavy atom. The maximum Gasteiger partial charge on any atom is 0.275 e. The van der Waals surface area contributed by atoms with E-state index in [0.717, 1.165) is 0 Å². The Hall–Kier alpha value is -2.65. The zero-order valence-corrected chi connectivity index (χ0v) is 13.8. The number of thiazole rings is 1. The van der Waals surface area contributed by atoms with Crippen molar-refractivity contribution in [1.29, 1.82) is 0 Å². The van der Waals surface area contributed by atoms with Gasteiger partial charge in [-0.05, 0) is 25.0 Å². The van der Waals surface area contributed by atoms with E-state index < -0.39 is 11.7 Å². The molecule has 1 fully saturated rings. The molecule has 0 spiro atoms. The van der Waals surface area contributed by atoms with Crippen molar-refractivity contribution in [1.82, 2.24) is 19.7 Å². The van der Waals surface area contributed by atoms with Crippen molar-refractivity contribution < 1.29 is 14.3 Å². The van der Waals surface area contributed by atoms with Crippen LogP contribution in [0.25, 0.3) is 11.4 Å². The number of carbonyl (C=O) groups excluding carboxylic acids is 1. The van der Waals surface area contributed by atoms with E-state index in [0.29, 0.717) is 18.5 Å². The highest BCUT2D eigenvalue weighted by Gasteiger charge is 2.31. The van der Waals surface area contributed by atoms with Gasteiger partial charge in [0.25, 0.3) is 5.91 Å². The number of aromatic nitrogens is 4. The van der Waals surface area contributed by atoms with Crippen LogP contribution in [0.4, 0.5) is 10.1 Å². The average Bonchev–Trinajstić information content (AvgIpc) is 3.22. The molecule has 25 heavy (non-hydrogen) atoms. The van der Waals surface area contributed by atoms with Gasteiger partial charge in [-0.2, -0.15) is 5.10 Å². The molecule has 1 aliphatic rings. The van der Waals surface area contributed by atoms with Crippen LogP contribution in [0.5, 0.6) is 0 Å². The van der Waals surface area contributed by atoms with Gasteiger partial charge in [0.05, 0.1) is 23.3 Å². The molecule has 3 aromatic rings. The number of hydrogen-bond donors (Lipinski definition) is 2. The van der Waals surface area contributed by atoms with Crippen molar-refractivity contribution in [3.05, 3.63) is 46.9 Å². The summed E-state index contributed by atoms with van der Waals surface area (Å²) in [5.41, 5.74) is 2.52. The lowest BCUT2D eigenvalue weighted by Gasteiger charge is -2.31. The molecule has 128 valence electrons. The minimum absolute atomic E-state index is 0.0189. The van der Waals surface area contributed by atoms with Crippen molar-refractivity contribution >= 4 is 22.9 Å². The predicted molar refractivity (Wildman–Crippen MR) is 89.8 cm³/mol. The van der Waals surface area contributed by atoms with E-state index in [1.54, 1.807) is 21.8 Å². The van der Waals surface area contributed by atoms with Crippen LogP contribution in [0.2, 0.25) is 0 Å². The monoisotopic (exact) mass is 359 g/mol. The molecule has 0 atom stereocenters. The summed E-state index contributed by atoms with van der Waals surface area (Å²) in [6.07, 6.45) is 3.91. The van der Waals surface area contributed by atoms with E-state index in [9.17, 15) is 14.3 Å². The molecule has 7 nitrogen and oxygen atoms in total. The second-order valence-corrected chi connectivity index (χ2v) is 6.53. The quantitative estimate of drug-likeness (QED) is 0.747. The van der Waals surface area contributed by atoms with E-state index in [-0.39, 0.29) is 29.2 Å². The molecule has 1 saturated carbocycles. The van der Waals surface area contributed by atoms with Crippen molar-refractivity contribution in [2.75, 3.05) is 5.32 Å². The number of anilines is 1. The Kier molecular flexibility index (Phi) is 4.02. The molecule has 2 N–H and O–H groups in total. The van der Waals surface area contributed by atoms with Gasteiger partial charge in [0.1, 0.15) is 17.1 Å². The van der Waals surface area contributed by atoms with Gasteiger partial charge in [-0.25, -0.2) is 9.37 Å². The highest BCUT2D eigenvalue weighted by Crippen LogP contribution is 2.35. The van der Waals surface area contributed by atoms with Gasteiger partial charge in [-0.3, -0.25) is 14.5 Å². The summed E-state index contributed by atoms with van der Waals surface area (Å²) in [5, 5.41) is 18.3. The number of nitrogens with zero attached hydrogens (tertiary/aromatic N) is 4. The first-order chi connectivity index (χ1) is 12.1. The first-order valence-electron chi connectivity index (χ1n) is 7.69. The van der Waals surface area contributed by atoms with Crippen molar-refractivity contribution in [3.63, 3.8) is 0 Å². The lowest BCUT2D eigenvalue weighted by molar-refractivity contribution is 0.0435. The summed E-state index contributed by atoms with van der Waals surface area (Å²) < 4.78 is 15.8. The van der Waals surface area contributed by atoms with E-state index >= 15 is 0 Å². The number of hydrogen-bond acceptors (Lipinski definition) is 6. The van der Waals surface area contributed by atoms with Gasteiger partial charge in [0.2, 0.25) is 0 Å². The standard InChI is InChI=1S/C16H14FN5O2S/c17-11-2-1-3-18-14(11)15-12(20-16(24)13-7-25-8-19-13)6-22(21-15)9-4-10(23)5-9/h1-3,6-10,23H,4-5H2,(H,20,24). The van der Waals surface area contributed by atoms with Gasteiger partial charge in [0.15, 0.2) is 5.82 Å². The van der Waals surface area contributed by atoms with E-state index in [2.05, 4.69) is 20.4 Å². The fourth-order valence-corrected chi connectivity index (χ4v) is 3.22. The maximum atomic E-state index is 14.2. The second-order valence-electron chi connectivity index (χ2n) is 5.81. The van der Waals surface area contributed by atoms with Gasteiger partial charge < -0.3 is 10.4 Å². The van der Waals surface area contributed by atoms with Gasteiger partial charge in [-0.15, -0.1) is 11.3 Å². The van der Waals surface area contributed by atoms with Gasteiger partial charge in [-0.1, -0.05) is 0 Å². The fraction of sp³-hybridized carbons (Fsp3) is 0.250. The molecule has 0 bridgehead atoms. The first-order valence-corrected chi connectivity index (χ1v) is 8.63. The number of nitrogens with one attached hydrogen (secondary N) is 1. The summed E-state index contributed by atoms with van der Waals surface area (Å²) in [7, 11) is 0. The molecule has 1 amide bonds. The molecule has 3 heterocycles. The molecule has 0 saturated heterocycles. The zero-order chi connectivity index (χ0) is 17.4. The van der Waals surface area contributed by atoms with Gasteiger partial charge in [0, 0.05) is 17.8 Å². The third kappa shape index (κ3) is 3.03. The maximum absolute atomic E-state index is 14.2. The average molecular weight is 359 g/mol. The molecule has 0 radical (unpaired) electrons. The molecule has 0 aromatic carbocycles. The number of rotatable bonds is 4. The van der Waals surface area contributed by atoms with E-state index in [1.165, 1.54) is 29.7 Å². The van der Waals surface area contributed by atoms with Crippen molar-refractivity contribution in [2.45, 2.75) is 25.0 Å². The first kappa shape index (κ1) is 15.9. The molecular weight excluding hydrogens is 345 g/mol. The lowest BCUT2D eigenvalue weighted by Crippen LogP contribution is -2.31.